The minimum absolute atomic E-state index is 0.696. The first-order valence-electron chi connectivity index (χ1n) is 15.1. The summed E-state index contributed by atoms with van der Waals surface area (Å²) in [7, 11) is 0. The Bertz CT molecular complexity index is 1260. The van der Waals surface area contributed by atoms with Crippen molar-refractivity contribution in [1.29, 1.82) is 0 Å². The summed E-state index contributed by atoms with van der Waals surface area (Å²) < 4.78 is 5.95. The normalized spacial score (nSPS) is 19.0. The van der Waals surface area contributed by atoms with Gasteiger partial charge in [0.1, 0.15) is 12.4 Å². The van der Waals surface area contributed by atoms with Crippen molar-refractivity contribution >= 4 is 29.7 Å². The van der Waals surface area contributed by atoms with E-state index in [1.165, 1.54) is 0 Å². The van der Waals surface area contributed by atoms with Crippen molar-refractivity contribution in [2.45, 2.75) is 38.3 Å². The number of hydrogen-bond acceptors (Lipinski definition) is 14. The monoisotopic (exact) mass is 681 g/mol. The molecule has 266 valence electrons. The molecule has 18 heteroatoms. The van der Waals surface area contributed by atoms with E-state index in [-0.39, 0.29) is 0 Å². The zero-order chi connectivity index (χ0) is 36.0. The number of nitrogens with zero attached hydrogens (tertiary/aromatic N) is 4. The number of anilines is 1. The fourth-order valence-corrected chi connectivity index (χ4v) is 4.81. The summed E-state index contributed by atoms with van der Waals surface area (Å²) in [4.78, 5) is 43.8. The highest BCUT2D eigenvalue weighted by atomic mass is 16.5. The number of rotatable bonds is 14. The Kier molecular flexibility index (Phi) is 16.0. The largest absolute Gasteiger partial charge is 0.492 e. The van der Waals surface area contributed by atoms with E-state index in [2.05, 4.69) is 63.4 Å². The number of carboxylic acids is 4. The number of fused-ring (bicyclic) bond motifs is 1. The predicted molar refractivity (Wildman–Crippen MR) is 167 cm³/mol. The molecule has 18 nitrogen and oxygen atoms in total. The Balaban J connectivity index is 0.000000331. The molecule has 2 aliphatic heterocycles. The van der Waals surface area contributed by atoms with Gasteiger partial charge in [-0.05, 0) is 49.2 Å². The van der Waals surface area contributed by atoms with Crippen LogP contribution in [0.4, 0.5) is 5.82 Å². The van der Waals surface area contributed by atoms with Crippen LogP contribution in [-0.4, -0.2) is 157 Å². The molecule has 4 rings (SSSR count). The fourth-order valence-electron chi connectivity index (χ4n) is 4.81. The molecule has 9 N–H and O–H groups in total. The molecule has 1 aromatic heterocycles. The van der Waals surface area contributed by atoms with E-state index in [0.29, 0.717) is 6.61 Å². The predicted octanol–water partition coefficient (Wildman–Crippen LogP) is -1.73. The minimum atomic E-state index is -2.27. The molecular formula is C30H43N5O13. The van der Waals surface area contributed by atoms with Crippen molar-refractivity contribution in [3.63, 3.8) is 0 Å². The lowest BCUT2D eigenvalue weighted by Crippen LogP contribution is -2.39. The summed E-state index contributed by atoms with van der Waals surface area (Å²) in [5.41, 5.74) is 1.93. The fraction of sp³-hybridized carbons (Fsp3) is 0.533. The molecule has 0 amide bonds. The van der Waals surface area contributed by atoms with Crippen LogP contribution in [0.2, 0.25) is 0 Å². The maximum absolute atomic E-state index is 9.77. The van der Waals surface area contributed by atoms with Crippen LogP contribution < -0.4 is 15.0 Å². The summed E-state index contributed by atoms with van der Waals surface area (Å²) in [6, 6.07) is 12.3. The topological polar surface area (TPSA) is 284 Å². The van der Waals surface area contributed by atoms with Crippen LogP contribution >= 0.6 is 0 Å². The highest BCUT2D eigenvalue weighted by Crippen LogP contribution is 2.30. The number of hydrogen-bond donors (Lipinski definition) is 9. The van der Waals surface area contributed by atoms with Gasteiger partial charge in [-0.1, -0.05) is 26.0 Å². The summed E-state index contributed by atoms with van der Waals surface area (Å²) >= 11 is 0. The maximum atomic E-state index is 9.77. The Morgan fingerprint density at radius 2 is 1.31 bits per heavy atom. The molecular weight excluding hydrogens is 638 g/mol. The lowest BCUT2D eigenvalue weighted by atomic mass is 10.0. The molecule has 2 aliphatic rings. The molecule has 0 bridgehead atoms. The first-order chi connectivity index (χ1) is 22.7. The second-order valence-electron chi connectivity index (χ2n) is 10.9. The Labute approximate surface area is 275 Å². The van der Waals surface area contributed by atoms with E-state index in [0.717, 1.165) is 80.5 Å². The van der Waals surface area contributed by atoms with Crippen LogP contribution in [0.15, 0.2) is 36.4 Å². The first-order valence-corrected chi connectivity index (χ1v) is 15.1. The quantitative estimate of drug-likeness (QED) is 0.107. The molecule has 2 unspecified atom stereocenters. The van der Waals surface area contributed by atoms with Gasteiger partial charge in [0.25, 0.3) is 0 Å². The number of aliphatic hydroxyl groups excluding tert-OH is 4. The van der Waals surface area contributed by atoms with E-state index < -0.39 is 48.3 Å². The van der Waals surface area contributed by atoms with Crippen LogP contribution in [0, 0.1) is 11.8 Å². The average Bonchev–Trinajstić information content (AvgIpc) is 3.69. The summed E-state index contributed by atoms with van der Waals surface area (Å²) in [6.07, 6.45) is -9.06. The zero-order valence-electron chi connectivity index (χ0n) is 26.5. The van der Waals surface area contributed by atoms with Gasteiger partial charge in [-0.2, -0.15) is 0 Å². The molecule has 0 aliphatic carbocycles. The molecule has 0 radical (unpaired) electrons. The van der Waals surface area contributed by atoms with Gasteiger partial charge in [0.2, 0.25) is 0 Å². The van der Waals surface area contributed by atoms with Crippen LogP contribution in [0.3, 0.4) is 0 Å². The van der Waals surface area contributed by atoms with Gasteiger partial charge in [-0.3, -0.25) is 0 Å². The number of benzene rings is 1. The number of aliphatic carboxylic acids is 4. The number of aromatic nitrogens is 2. The lowest BCUT2D eigenvalue weighted by molar-refractivity contribution is -0.165. The summed E-state index contributed by atoms with van der Waals surface area (Å²) in [5.74, 6) is -3.69. The lowest BCUT2D eigenvalue weighted by Gasteiger charge is -2.18. The molecule has 48 heavy (non-hydrogen) atoms. The number of likely N-dealkylation sites (N-methyl/N-ethyl adjacent to an activating group) is 1. The van der Waals surface area contributed by atoms with E-state index in [1.54, 1.807) is 0 Å². The maximum Gasteiger partial charge on any atom is 0.335 e. The van der Waals surface area contributed by atoms with Crippen molar-refractivity contribution < 1.29 is 64.8 Å². The molecule has 3 heterocycles. The van der Waals surface area contributed by atoms with Crippen molar-refractivity contribution in [3.8, 4) is 17.0 Å². The van der Waals surface area contributed by atoms with Crippen LogP contribution in [0.1, 0.15) is 13.8 Å². The van der Waals surface area contributed by atoms with E-state index >= 15 is 0 Å². The molecule has 0 spiro atoms. The molecule has 6 atom stereocenters. The van der Waals surface area contributed by atoms with Gasteiger partial charge >= 0.3 is 23.9 Å². The van der Waals surface area contributed by atoms with E-state index in [9.17, 15) is 19.2 Å². The Morgan fingerprint density at radius 1 is 0.812 bits per heavy atom. The molecule has 2 fully saturated rings. The summed E-state index contributed by atoms with van der Waals surface area (Å²) in [5, 5.41) is 77.5. The smallest absolute Gasteiger partial charge is 0.335 e. The highest BCUT2D eigenvalue weighted by molar-refractivity contribution is 5.83. The van der Waals surface area contributed by atoms with Crippen LogP contribution in [0.5, 0.6) is 5.75 Å². The third-order valence-corrected chi connectivity index (χ3v) is 7.67. The standard InChI is InChI=1S/C22H31N5O.2C4H6O6/c1-3-26(4-2)10-11-28-20-7-5-6-17(12-20)21-8-9-22(25-24-21)27-15-18-13-23-14-19(18)16-27;2*5-1(3(7)8)2(6)4(9)10/h5-9,12,18-19,23H,3-4,10-11,13-16H2,1-2H3;2*1-2,5-6H,(H,7,8)(H,9,10)/t;2*1-,2-/m.11/s1. The minimum Gasteiger partial charge on any atom is -0.492 e. The summed E-state index contributed by atoms with van der Waals surface area (Å²) in [6.45, 7) is 12.5. The molecule has 2 saturated heterocycles. The van der Waals surface area contributed by atoms with E-state index in [1.807, 2.05) is 12.1 Å². The third-order valence-electron chi connectivity index (χ3n) is 7.67. The Hall–Kier alpha value is -4.46. The van der Waals surface area contributed by atoms with Gasteiger partial charge in [0.05, 0.1) is 5.69 Å². The van der Waals surface area contributed by atoms with Crippen LogP contribution in [-0.2, 0) is 19.2 Å². The molecule has 2 aromatic rings. The number of carbonyl (C=O) groups is 4. The number of ether oxygens (including phenoxy) is 1. The Morgan fingerprint density at radius 3 is 1.73 bits per heavy atom. The first kappa shape index (κ1) is 39.7. The van der Waals surface area contributed by atoms with Gasteiger partial charge in [0, 0.05) is 38.3 Å². The SMILES string of the molecule is CCN(CC)CCOc1cccc(-c2ccc(N3CC4CNCC4C3)nn2)c1.O=C(O)[C@H](O)[C@@H](O)C(=O)O.O=C(O)[C@H](O)[C@@H](O)C(=O)O. The zero-order valence-corrected chi connectivity index (χ0v) is 26.5. The van der Waals surface area contributed by atoms with Crippen molar-refractivity contribution in [2.75, 3.05) is 57.3 Å². The molecule has 0 saturated carbocycles. The van der Waals surface area contributed by atoms with Gasteiger partial charge in [-0.15, -0.1) is 10.2 Å². The third kappa shape index (κ3) is 12.0. The van der Waals surface area contributed by atoms with Crippen LogP contribution in [0.25, 0.3) is 11.3 Å². The van der Waals surface area contributed by atoms with Crippen molar-refractivity contribution in [1.82, 2.24) is 20.4 Å². The van der Waals surface area contributed by atoms with Crippen molar-refractivity contribution in [2.24, 2.45) is 11.8 Å². The second-order valence-corrected chi connectivity index (χ2v) is 10.9. The van der Waals surface area contributed by atoms with Crippen molar-refractivity contribution in [3.05, 3.63) is 36.4 Å². The number of carboxylic acid groups (broad SMARTS) is 4. The number of nitrogens with one attached hydrogen (secondary N) is 1. The van der Waals surface area contributed by atoms with E-state index in [4.69, 9.17) is 45.6 Å². The van der Waals surface area contributed by atoms with Gasteiger partial charge < -0.3 is 60.7 Å². The number of aliphatic hydroxyl groups is 4. The second kappa shape index (κ2) is 19.4. The van der Waals surface area contributed by atoms with Gasteiger partial charge in [0.15, 0.2) is 30.2 Å². The highest BCUT2D eigenvalue weighted by Gasteiger charge is 2.36. The molecule has 1 aromatic carbocycles. The van der Waals surface area contributed by atoms with Gasteiger partial charge in [-0.25, -0.2) is 19.2 Å². The average molecular weight is 682 g/mol.